The number of thiophene rings is 1. The Morgan fingerprint density at radius 1 is 1.44 bits per heavy atom. The van der Waals surface area contributed by atoms with Gasteiger partial charge in [0.05, 0.1) is 5.39 Å². The lowest BCUT2D eigenvalue weighted by Gasteiger charge is -2.10. The molecule has 2 aromatic heterocycles. The molecule has 6 heteroatoms. The lowest BCUT2D eigenvalue weighted by molar-refractivity contribution is 0.256. The number of hydrogen-bond acceptors (Lipinski definition) is 5. The minimum atomic E-state index is 0.231. The fourth-order valence-electron chi connectivity index (χ4n) is 1.24. The van der Waals surface area contributed by atoms with Gasteiger partial charge in [-0.3, -0.25) is 0 Å². The highest BCUT2D eigenvalue weighted by Gasteiger charge is 2.08. The maximum Gasteiger partial charge on any atom is 0.227 e. The van der Waals surface area contributed by atoms with Gasteiger partial charge in [0.25, 0.3) is 0 Å². The fourth-order valence-corrected chi connectivity index (χ4v) is 2.20. The Labute approximate surface area is 103 Å². The van der Waals surface area contributed by atoms with Crippen molar-refractivity contribution >= 4 is 33.2 Å². The molecule has 0 atom stereocenters. The first-order valence-corrected chi connectivity index (χ1v) is 6.11. The summed E-state index contributed by atoms with van der Waals surface area (Å²) in [4.78, 5) is 11.1. The van der Waals surface area contributed by atoms with Gasteiger partial charge in [0.1, 0.15) is 11.4 Å². The Bertz CT molecular complexity index is 486. The smallest absolute Gasteiger partial charge is 0.227 e. The van der Waals surface area contributed by atoms with E-state index in [1.165, 1.54) is 11.3 Å². The molecule has 0 saturated heterocycles. The quantitative estimate of drug-likeness (QED) is 0.788. The van der Waals surface area contributed by atoms with Gasteiger partial charge in [-0.15, -0.1) is 11.3 Å². The number of nitrogens with zero attached hydrogens (tertiary/aromatic N) is 3. The highest BCUT2D eigenvalue weighted by molar-refractivity contribution is 7.16. The van der Waals surface area contributed by atoms with E-state index < -0.39 is 0 Å². The Morgan fingerprint density at radius 3 is 3.00 bits per heavy atom. The van der Waals surface area contributed by atoms with E-state index in [4.69, 9.17) is 16.3 Å². The van der Waals surface area contributed by atoms with Gasteiger partial charge in [-0.25, -0.2) is 4.98 Å². The van der Waals surface area contributed by atoms with Crippen LogP contribution < -0.4 is 4.74 Å². The SMILES string of the molecule is CN(C)CCOc1nc(Cl)nc2sccc12. The zero-order valence-electron chi connectivity index (χ0n) is 9.11. The van der Waals surface area contributed by atoms with Crippen LogP contribution in [0.2, 0.25) is 5.28 Å². The van der Waals surface area contributed by atoms with Crippen LogP contribution in [0.15, 0.2) is 11.4 Å². The first-order chi connectivity index (χ1) is 7.66. The lowest BCUT2D eigenvalue weighted by atomic mass is 10.4. The van der Waals surface area contributed by atoms with E-state index in [0.717, 1.165) is 16.8 Å². The zero-order valence-corrected chi connectivity index (χ0v) is 10.7. The molecular formula is C10H12ClN3OS. The van der Waals surface area contributed by atoms with Crippen molar-refractivity contribution in [1.82, 2.24) is 14.9 Å². The third kappa shape index (κ3) is 2.61. The summed E-state index contributed by atoms with van der Waals surface area (Å²) in [6, 6.07) is 1.95. The molecule has 4 nitrogen and oxygen atoms in total. The summed E-state index contributed by atoms with van der Waals surface area (Å²) in [5.41, 5.74) is 0. The number of aromatic nitrogens is 2. The maximum atomic E-state index is 5.82. The van der Waals surface area contributed by atoms with Gasteiger partial charge in [-0.1, -0.05) is 0 Å². The summed E-state index contributed by atoms with van der Waals surface area (Å²) in [5.74, 6) is 0.568. The molecule has 2 heterocycles. The van der Waals surface area contributed by atoms with Crippen LogP contribution in [0.3, 0.4) is 0 Å². The molecule has 0 aliphatic rings. The molecule has 0 aliphatic heterocycles. The van der Waals surface area contributed by atoms with Gasteiger partial charge < -0.3 is 9.64 Å². The third-order valence-corrected chi connectivity index (χ3v) is 3.02. The number of likely N-dealkylation sites (N-methyl/N-ethyl adjacent to an activating group) is 1. The predicted molar refractivity (Wildman–Crippen MR) is 66.5 cm³/mol. The normalized spacial score (nSPS) is 11.2. The van der Waals surface area contributed by atoms with E-state index in [1.54, 1.807) is 0 Å². The first-order valence-electron chi connectivity index (χ1n) is 4.85. The Morgan fingerprint density at radius 2 is 2.25 bits per heavy atom. The summed E-state index contributed by atoms with van der Waals surface area (Å²) in [6.07, 6.45) is 0. The van der Waals surface area contributed by atoms with E-state index in [9.17, 15) is 0 Å². The second kappa shape index (κ2) is 4.95. The number of hydrogen-bond donors (Lipinski definition) is 0. The van der Waals surface area contributed by atoms with Crippen molar-refractivity contribution in [3.8, 4) is 5.88 Å². The van der Waals surface area contributed by atoms with Crippen molar-refractivity contribution in [2.45, 2.75) is 0 Å². The molecule has 2 rings (SSSR count). The van der Waals surface area contributed by atoms with Crippen molar-refractivity contribution < 1.29 is 4.74 Å². The second-order valence-corrected chi connectivity index (χ2v) is 4.82. The molecule has 0 saturated carbocycles. The number of halogens is 1. The van der Waals surface area contributed by atoms with Crippen LogP contribution in [0.25, 0.3) is 10.2 Å². The van der Waals surface area contributed by atoms with Crippen molar-refractivity contribution in [3.63, 3.8) is 0 Å². The highest BCUT2D eigenvalue weighted by Crippen LogP contribution is 2.27. The molecule has 0 amide bonds. The molecule has 0 spiro atoms. The summed E-state index contributed by atoms with van der Waals surface area (Å²) in [6.45, 7) is 1.43. The van der Waals surface area contributed by atoms with Crippen molar-refractivity contribution in [2.75, 3.05) is 27.2 Å². The number of ether oxygens (including phenoxy) is 1. The van der Waals surface area contributed by atoms with Gasteiger partial charge in [-0.2, -0.15) is 4.98 Å². The molecule has 0 unspecified atom stereocenters. The standard InChI is InChI=1S/C10H12ClN3OS/c1-14(2)4-5-15-8-7-3-6-16-9(7)13-10(11)12-8/h3,6H,4-5H2,1-2H3. The second-order valence-electron chi connectivity index (χ2n) is 3.59. The van der Waals surface area contributed by atoms with Gasteiger partial charge >= 0.3 is 0 Å². The van der Waals surface area contributed by atoms with Crippen LogP contribution in [-0.4, -0.2) is 42.1 Å². The van der Waals surface area contributed by atoms with Crippen LogP contribution in [0.5, 0.6) is 5.88 Å². The molecule has 0 bridgehead atoms. The van der Waals surface area contributed by atoms with E-state index in [-0.39, 0.29) is 5.28 Å². The summed E-state index contributed by atoms with van der Waals surface area (Å²) in [7, 11) is 3.99. The van der Waals surface area contributed by atoms with Gasteiger partial charge in [0.2, 0.25) is 11.2 Å². The van der Waals surface area contributed by atoms with E-state index in [0.29, 0.717) is 12.5 Å². The summed E-state index contributed by atoms with van der Waals surface area (Å²) >= 11 is 7.35. The average Bonchev–Trinajstić information content (AvgIpc) is 2.64. The van der Waals surface area contributed by atoms with Crippen LogP contribution in [-0.2, 0) is 0 Å². The van der Waals surface area contributed by atoms with Crippen LogP contribution in [0.1, 0.15) is 0 Å². The molecular weight excluding hydrogens is 246 g/mol. The fraction of sp³-hybridized carbons (Fsp3) is 0.400. The van der Waals surface area contributed by atoms with Gasteiger partial charge in [-0.05, 0) is 37.1 Å². The van der Waals surface area contributed by atoms with E-state index in [1.807, 2.05) is 30.4 Å². The molecule has 0 aliphatic carbocycles. The average molecular weight is 258 g/mol. The van der Waals surface area contributed by atoms with E-state index in [2.05, 4.69) is 9.97 Å². The van der Waals surface area contributed by atoms with Gasteiger partial charge in [0, 0.05) is 6.54 Å². The molecule has 2 aromatic rings. The maximum absolute atomic E-state index is 5.82. The van der Waals surface area contributed by atoms with Crippen molar-refractivity contribution in [3.05, 3.63) is 16.7 Å². The molecule has 0 N–H and O–H groups in total. The van der Waals surface area contributed by atoms with Crippen molar-refractivity contribution in [1.29, 1.82) is 0 Å². The largest absolute Gasteiger partial charge is 0.476 e. The van der Waals surface area contributed by atoms with E-state index >= 15 is 0 Å². The number of fused-ring (bicyclic) bond motifs is 1. The van der Waals surface area contributed by atoms with Crippen LogP contribution in [0, 0.1) is 0 Å². The molecule has 0 radical (unpaired) electrons. The first kappa shape index (κ1) is 11.6. The minimum Gasteiger partial charge on any atom is -0.476 e. The molecule has 86 valence electrons. The van der Waals surface area contributed by atoms with Crippen LogP contribution >= 0.6 is 22.9 Å². The highest BCUT2D eigenvalue weighted by atomic mass is 35.5. The topological polar surface area (TPSA) is 38.2 Å². The Hall–Kier alpha value is -0.910. The van der Waals surface area contributed by atoms with Gasteiger partial charge in [0.15, 0.2) is 0 Å². The predicted octanol–water partition coefficient (Wildman–Crippen LogP) is 2.29. The minimum absolute atomic E-state index is 0.231. The monoisotopic (exact) mass is 257 g/mol. The summed E-state index contributed by atoms with van der Waals surface area (Å²) in [5, 5.41) is 3.11. The third-order valence-electron chi connectivity index (χ3n) is 2.04. The number of rotatable bonds is 4. The Balaban J connectivity index is 2.19. The van der Waals surface area contributed by atoms with Crippen molar-refractivity contribution in [2.24, 2.45) is 0 Å². The molecule has 16 heavy (non-hydrogen) atoms. The molecule has 0 fully saturated rings. The lowest BCUT2D eigenvalue weighted by Crippen LogP contribution is -2.19. The molecule has 0 aromatic carbocycles. The Kier molecular flexibility index (Phi) is 3.58. The summed E-state index contributed by atoms with van der Waals surface area (Å²) < 4.78 is 5.60. The van der Waals surface area contributed by atoms with Crippen LogP contribution in [0.4, 0.5) is 0 Å². The zero-order chi connectivity index (χ0) is 11.5.